The molecule has 0 spiro atoms. The Morgan fingerprint density at radius 1 is 1.67 bits per heavy atom. The molecule has 0 saturated carbocycles. The fraction of sp³-hybridized carbons (Fsp3) is 0.333. The monoisotopic (exact) mass is 206 g/mol. The van der Waals surface area contributed by atoms with Crippen molar-refractivity contribution in [2.45, 2.75) is 19.4 Å². The molecule has 78 valence electrons. The Hall–Kier alpha value is -2.07. The smallest absolute Gasteiger partial charge is 0.337 e. The van der Waals surface area contributed by atoms with E-state index in [-0.39, 0.29) is 11.3 Å². The zero-order chi connectivity index (χ0) is 11.5. The standard InChI is InChI=1S/C9H10N4O2/c1-9(2,12-13-10)7-6(8(14)15)4-3-5-11-7/h3-5H,1-2H3,(H,14,15). The van der Waals surface area contributed by atoms with Crippen molar-refractivity contribution in [1.29, 1.82) is 0 Å². The minimum Gasteiger partial charge on any atom is -0.478 e. The molecule has 6 heteroatoms. The van der Waals surface area contributed by atoms with E-state index in [1.807, 2.05) is 0 Å². The van der Waals surface area contributed by atoms with E-state index in [2.05, 4.69) is 15.0 Å². The lowest BCUT2D eigenvalue weighted by Gasteiger charge is -2.18. The van der Waals surface area contributed by atoms with Crippen molar-refractivity contribution >= 4 is 5.97 Å². The summed E-state index contributed by atoms with van der Waals surface area (Å²) in [7, 11) is 0. The van der Waals surface area contributed by atoms with Gasteiger partial charge in [0, 0.05) is 11.1 Å². The van der Waals surface area contributed by atoms with Gasteiger partial charge in [0.2, 0.25) is 0 Å². The van der Waals surface area contributed by atoms with Gasteiger partial charge in [-0.1, -0.05) is 5.11 Å². The minimum absolute atomic E-state index is 0.0508. The van der Waals surface area contributed by atoms with Gasteiger partial charge >= 0.3 is 5.97 Å². The molecular formula is C9H10N4O2. The average molecular weight is 206 g/mol. The zero-order valence-electron chi connectivity index (χ0n) is 8.38. The molecule has 1 rings (SSSR count). The molecule has 0 aromatic carbocycles. The molecule has 1 aromatic heterocycles. The van der Waals surface area contributed by atoms with E-state index in [0.29, 0.717) is 0 Å². The first-order valence-corrected chi connectivity index (χ1v) is 4.24. The average Bonchev–Trinajstić information content (AvgIpc) is 2.17. The second-order valence-corrected chi connectivity index (χ2v) is 3.45. The van der Waals surface area contributed by atoms with Crippen LogP contribution in [-0.2, 0) is 5.54 Å². The van der Waals surface area contributed by atoms with Crippen LogP contribution in [0.3, 0.4) is 0 Å². The second-order valence-electron chi connectivity index (χ2n) is 3.45. The highest BCUT2D eigenvalue weighted by Crippen LogP contribution is 2.25. The molecule has 1 heterocycles. The predicted molar refractivity (Wildman–Crippen MR) is 53.4 cm³/mol. The molecule has 1 N–H and O–H groups in total. The SMILES string of the molecule is CC(C)(N=[N+]=[N-])c1ncccc1C(=O)O. The van der Waals surface area contributed by atoms with E-state index in [4.69, 9.17) is 10.6 Å². The maximum Gasteiger partial charge on any atom is 0.337 e. The van der Waals surface area contributed by atoms with Crippen LogP contribution >= 0.6 is 0 Å². The normalized spacial score (nSPS) is 10.5. The first kappa shape index (κ1) is 11.0. The molecule has 0 unspecified atom stereocenters. The number of hydrogen-bond acceptors (Lipinski definition) is 3. The summed E-state index contributed by atoms with van der Waals surface area (Å²) in [5.41, 5.74) is 7.72. The van der Waals surface area contributed by atoms with Crippen LogP contribution < -0.4 is 0 Å². The van der Waals surface area contributed by atoms with Crippen LogP contribution in [0.2, 0.25) is 0 Å². The molecule has 15 heavy (non-hydrogen) atoms. The highest BCUT2D eigenvalue weighted by atomic mass is 16.4. The van der Waals surface area contributed by atoms with Crippen molar-refractivity contribution in [2.24, 2.45) is 5.11 Å². The summed E-state index contributed by atoms with van der Waals surface area (Å²) in [6.45, 7) is 3.23. The third-order valence-corrected chi connectivity index (χ3v) is 1.91. The van der Waals surface area contributed by atoms with Gasteiger partial charge in [0.05, 0.1) is 16.8 Å². The summed E-state index contributed by atoms with van der Waals surface area (Å²) in [6.07, 6.45) is 1.47. The predicted octanol–water partition coefficient (Wildman–Crippen LogP) is 2.33. The van der Waals surface area contributed by atoms with Crippen molar-refractivity contribution in [3.05, 3.63) is 40.0 Å². The molecule has 0 atom stereocenters. The Balaban J connectivity index is 3.36. The number of aromatic nitrogens is 1. The van der Waals surface area contributed by atoms with Gasteiger partial charge in [-0.3, -0.25) is 4.98 Å². The van der Waals surface area contributed by atoms with E-state index < -0.39 is 11.5 Å². The number of pyridine rings is 1. The van der Waals surface area contributed by atoms with Gasteiger partial charge in [0.1, 0.15) is 0 Å². The van der Waals surface area contributed by atoms with Crippen molar-refractivity contribution in [1.82, 2.24) is 4.98 Å². The molecule has 0 aliphatic carbocycles. The van der Waals surface area contributed by atoms with E-state index in [9.17, 15) is 4.79 Å². The van der Waals surface area contributed by atoms with Crippen molar-refractivity contribution < 1.29 is 9.90 Å². The van der Waals surface area contributed by atoms with Gasteiger partial charge in [-0.05, 0) is 31.5 Å². The number of carboxylic acid groups (broad SMARTS) is 1. The first-order chi connectivity index (χ1) is 6.99. The van der Waals surface area contributed by atoms with E-state index >= 15 is 0 Å². The summed E-state index contributed by atoms with van der Waals surface area (Å²) in [5, 5.41) is 12.4. The molecular weight excluding hydrogens is 196 g/mol. The fourth-order valence-corrected chi connectivity index (χ4v) is 1.22. The molecule has 0 saturated heterocycles. The molecule has 1 aromatic rings. The number of hydrogen-bond donors (Lipinski definition) is 1. The molecule has 0 radical (unpaired) electrons. The quantitative estimate of drug-likeness (QED) is 0.466. The Bertz CT molecular complexity index is 435. The number of azide groups is 1. The maximum absolute atomic E-state index is 10.9. The Kier molecular flexibility index (Phi) is 2.92. The van der Waals surface area contributed by atoms with Crippen LogP contribution in [-0.4, -0.2) is 16.1 Å². The highest BCUT2D eigenvalue weighted by molar-refractivity contribution is 5.89. The largest absolute Gasteiger partial charge is 0.478 e. The number of rotatable bonds is 3. The topological polar surface area (TPSA) is 99.0 Å². The first-order valence-electron chi connectivity index (χ1n) is 4.24. The van der Waals surface area contributed by atoms with Gasteiger partial charge < -0.3 is 5.11 Å². The van der Waals surface area contributed by atoms with Crippen LogP contribution in [0.25, 0.3) is 10.4 Å². The van der Waals surface area contributed by atoms with E-state index in [1.165, 1.54) is 18.3 Å². The van der Waals surface area contributed by atoms with Gasteiger partial charge in [-0.25, -0.2) is 4.79 Å². The zero-order valence-corrected chi connectivity index (χ0v) is 8.38. The van der Waals surface area contributed by atoms with Gasteiger partial charge in [0.15, 0.2) is 0 Å². The third kappa shape index (κ3) is 2.24. The Labute approximate surface area is 86.2 Å². The summed E-state index contributed by atoms with van der Waals surface area (Å²) < 4.78 is 0. The number of aromatic carboxylic acids is 1. The summed E-state index contributed by atoms with van der Waals surface area (Å²) in [6, 6.07) is 2.96. The van der Waals surface area contributed by atoms with Crippen LogP contribution in [0.15, 0.2) is 23.4 Å². The summed E-state index contributed by atoms with van der Waals surface area (Å²) >= 11 is 0. The fourth-order valence-electron chi connectivity index (χ4n) is 1.22. The van der Waals surface area contributed by atoms with Gasteiger partial charge in [-0.2, -0.15) is 0 Å². The second kappa shape index (κ2) is 3.98. The minimum atomic E-state index is -1.08. The van der Waals surface area contributed by atoms with Crippen LogP contribution in [0.1, 0.15) is 29.9 Å². The molecule has 0 aliphatic rings. The Morgan fingerprint density at radius 2 is 2.33 bits per heavy atom. The Morgan fingerprint density at radius 3 is 2.87 bits per heavy atom. The lowest BCUT2D eigenvalue weighted by molar-refractivity contribution is 0.0693. The van der Waals surface area contributed by atoms with E-state index in [0.717, 1.165) is 0 Å². The van der Waals surface area contributed by atoms with Gasteiger partial charge in [-0.15, -0.1) is 0 Å². The molecule has 0 bridgehead atoms. The van der Waals surface area contributed by atoms with E-state index in [1.54, 1.807) is 13.8 Å². The third-order valence-electron chi connectivity index (χ3n) is 1.91. The molecule has 0 amide bonds. The summed E-state index contributed by atoms with van der Waals surface area (Å²) in [4.78, 5) is 17.5. The number of carboxylic acids is 1. The van der Waals surface area contributed by atoms with Crippen LogP contribution in [0, 0.1) is 0 Å². The highest BCUT2D eigenvalue weighted by Gasteiger charge is 2.26. The maximum atomic E-state index is 10.9. The molecule has 0 aliphatic heterocycles. The van der Waals surface area contributed by atoms with Crippen molar-refractivity contribution in [2.75, 3.05) is 0 Å². The summed E-state index contributed by atoms with van der Waals surface area (Å²) in [5.74, 6) is -1.08. The van der Waals surface area contributed by atoms with Crippen LogP contribution in [0.4, 0.5) is 0 Å². The lowest BCUT2D eigenvalue weighted by atomic mass is 9.96. The van der Waals surface area contributed by atoms with Crippen LogP contribution in [0.5, 0.6) is 0 Å². The number of carbonyl (C=O) groups is 1. The number of nitrogens with zero attached hydrogens (tertiary/aromatic N) is 4. The molecule has 6 nitrogen and oxygen atoms in total. The molecule has 0 fully saturated rings. The van der Waals surface area contributed by atoms with Gasteiger partial charge in [0.25, 0.3) is 0 Å². The van der Waals surface area contributed by atoms with Crippen molar-refractivity contribution in [3.8, 4) is 0 Å². The lowest BCUT2D eigenvalue weighted by Crippen LogP contribution is -2.19. The van der Waals surface area contributed by atoms with Crippen molar-refractivity contribution in [3.63, 3.8) is 0 Å².